The van der Waals surface area contributed by atoms with Gasteiger partial charge in [0.05, 0.1) is 13.2 Å². The quantitative estimate of drug-likeness (QED) is 0.640. The average Bonchev–Trinajstić information content (AvgIpc) is 2.41. The number of carbonyl (C=O) groups excluding carboxylic acids is 1. The third kappa shape index (κ3) is 10.2. The number of methoxy groups -OCH3 is 1. The van der Waals surface area contributed by atoms with Crippen LogP contribution in [0.4, 0.5) is 0 Å². The molecule has 0 radical (unpaired) electrons. The van der Waals surface area contributed by atoms with E-state index in [9.17, 15) is 4.79 Å². The van der Waals surface area contributed by atoms with Crippen LogP contribution in [0.5, 0.6) is 0 Å². The van der Waals surface area contributed by atoms with Crippen molar-refractivity contribution in [2.75, 3.05) is 33.4 Å². The van der Waals surface area contributed by atoms with Crippen LogP contribution in [0.15, 0.2) is 0 Å². The van der Waals surface area contributed by atoms with Gasteiger partial charge >= 0.3 is 0 Å². The van der Waals surface area contributed by atoms with Gasteiger partial charge in [-0.3, -0.25) is 4.79 Å². The Balaban J connectivity index is 0.00000324. The van der Waals surface area contributed by atoms with Crippen LogP contribution < -0.4 is 10.6 Å². The molecule has 0 aromatic heterocycles. The Hall–Kier alpha value is -0.320. The Morgan fingerprint density at radius 1 is 1.21 bits per heavy atom. The molecule has 1 amide bonds. The summed E-state index contributed by atoms with van der Waals surface area (Å²) in [6, 6.07) is 0. The van der Waals surface area contributed by atoms with Gasteiger partial charge in [-0.15, -0.1) is 12.4 Å². The number of halogens is 1. The second-order valence-corrected chi connectivity index (χ2v) is 5.17. The molecule has 1 fully saturated rings. The van der Waals surface area contributed by atoms with Crippen molar-refractivity contribution in [3.63, 3.8) is 0 Å². The Morgan fingerprint density at radius 2 is 1.95 bits per heavy atom. The van der Waals surface area contributed by atoms with E-state index in [0.717, 1.165) is 25.4 Å². The molecule has 1 saturated carbocycles. The molecule has 0 saturated heterocycles. The van der Waals surface area contributed by atoms with E-state index in [1.54, 1.807) is 7.11 Å². The molecule has 19 heavy (non-hydrogen) atoms. The minimum absolute atomic E-state index is 0. The molecular weight excluding hydrogens is 264 g/mol. The molecule has 1 rings (SSSR count). The van der Waals surface area contributed by atoms with E-state index >= 15 is 0 Å². The number of ether oxygens (including phenoxy) is 1. The van der Waals surface area contributed by atoms with Gasteiger partial charge in [-0.1, -0.05) is 32.1 Å². The van der Waals surface area contributed by atoms with Crippen LogP contribution in [0.1, 0.15) is 44.9 Å². The normalized spacial score (nSPS) is 15.8. The maximum Gasteiger partial charge on any atom is 0.233 e. The molecule has 0 aliphatic heterocycles. The van der Waals surface area contributed by atoms with E-state index in [1.165, 1.54) is 38.5 Å². The number of nitrogens with one attached hydrogen (secondary N) is 2. The van der Waals surface area contributed by atoms with Crippen molar-refractivity contribution in [1.29, 1.82) is 0 Å². The Labute approximate surface area is 123 Å². The summed E-state index contributed by atoms with van der Waals surface area (Å²) < 4.78 is 4.90. The number of hydrogen-bond acceptors (Lipinski definition) is 3. The molecule has 0 aromatic carbocycles. The summed E-state index contributed by atoms with van der Waals surface area (Å²) >= 11 is 0. The maximum absolute atomic E-state index is 11.4. The monoisotopic (exact) mass is 292 g/mol. The zero-order valence-corrected chi connectivity index (χ0v) is 12.9. The molecule has 0 bridgehead atoms. The lowest BCUT2D eigenvalue weighted by atomic mass is 9.86. The third-order valence-electron chi connectivity index (χ3n) is 3.60. The molecule has 4 nitrogen and oxygen atoms in total. The second-order valence-electron chi connectivity index (χ2n) is 5.17. The second kappa shape index (κ2) is 12.7. The fraction of sp³-hybridized carbons (Fsp3) is 0.929. The number of hydrogen-bond donors (Lipinski definition) is 2. The molecule has 1 aliphatic rings. The predicted octanol–water partition coefficient (Wildman–Crippen LogP) is 2.12. The number of rotatable bonds is 9. The van der Waals surface area contributed by atoms with Crippen molar-refractivity contribution < 1.29 is 9.53 Å². The summed E-state index contributed by atoms with van der Waals surface area (Å²) in [4.78, 5) is 11.4. The van der Waals surface area contributed by atoms with E-state index in [1.807, 2.05) is 0 Å². The summed E-state index contributed by atoms with van der Waals surface area (Å²) in [5.74, 6) is 1.00. The van der Waals surface area contributed by atoms with E-state index in [-0.39, 0.29) is 18.3 Å². The fourth-order valence-electron chi connectivity index (χ4n) is 2.53. The van der Waals surface area contributed by atoms with Crippen molar-refractivity contribution in [2.45, 2.75) is 44.9 Å². The van der Waals surface area contributed by atoms with Gasteiger partial charge in [0.25, 0.3) is 0 Å². The first-order valence-electron chi connectivity index (χ1n) is 7.29. The van der Waals surface area contributed by atoms with Crippen LogP contribution in [-0.2, 0) is 9.53 Å². The minimum atomic E-state index is 0. The van der Waals surface area contributed by atoms with E-state index in [0.29, 0.717) is 13.2 Å². The summed E-state index contributed by atoms with van der Waals surface area (Å²) in [6.07, 6.45) is 9.41. The van der Waals surface area contributed by atoms with Crippen molar-refractivity contribution in [2.24, 2.45) is 5.92 Å². The summed E-state index contributed by atoms with van der Waals surface area (Å²) in [6.45, 7) is 2.59. The standard InChI is InChI=1S/C14H28N2O2.ClH/c1-18-11-10-15-12-14(17)16-9-5-8-13-6-3-2-4-7-13;/h13,15H,2-12H2,1H3,(H,16,17);1H. The van der Waals surface area contributed by atoms with Gasteiger partial charge in [0.15, 0.2) is 0 Å². The van der Waals surface area contributed by atoms with Gasteiger partial charge in [0, 0.05) is 20.2 Å². The van der Waals surface area contributed by atoms with Crippen LogP contribution in [0.25, 0.3) is 0 Å². The van der Waals surface area contributed by atoms with Gasteiger partial charge in [-0.05, 0) is 18.8 Å². The van der Waals surface area contributed by atoms with Gasteiger partial charge in [0.1, 0.15) is 0 Å². The lowest BCUT2D eigenvalue weighted by Crippen LogP contribution is -2.35. The first kappa shape index (κ1) is 18.7. The predicted molar refractivity (Wildman–Crippen MR) is 80.8 cm³/mol. The largest absolute Gasteiger partial charge is 0.383 e. The van der Waals surface area contributed by atoms with Crippen molar-refractivity contribution in [1.82, 2.24) is 10.6 Å². The summed E-state index contributed by atoms with van der Waals surface area (Å²) in [5.41, 5.74) is 0. The maximum atomic E-state index is 11.4. The molecular formula is C14H29ClN2O2. The lowest BCUT2D eigenvalue weighted by Gasteiger charge is -2.21. The Morgan fingerprint density at radius 3 is 2.63 bits per heavy atom. The first-order valence-corrected chi connectivity index (χ1v) is 7.29. The highest BCUT2D eigenvalue weighted by molar-refractivity contribution is 5.85. The van der Waals surface area contributed by atoms with Crippen LogP contribution in [-0.4, -0.2) is 39.3 Å². The molecule has 0 heterocycles. The topological polar surface area (TPSA) is 50.4 Å². The molecule has 114 valence electrons. The van der Waals surface area contributed by atoms with Crippen LogP contribution in [0, 0.1) is 5.92 Å². The average molecular weight is 293 g/mol. The zero-order chi connectivity index (χ0) is 13.1. The molecule has 2 N–H and O–H groups in total. The van der Waals surface area contributed by atoms with Gasteiger partial charge in [-0.25, -0.2) is 0 Å². The van der Waals surface area contributed by atoms with Crippen molar-refractivity contribution in [3.05, 3.63) is 0 Å². The minimum Gasteiger partial charge on any atom is -0.383 e. The summed E-state index contributed by atoms with van der Waals surface area (Å²) in [5, 5.41) is 6.00. The Kier molecular flexibility index (Phi) is 12.5. The number of amides is 1. The highest BCUT2D eigenvalue weighted by Crippen LogP contribution is 2.26. The molecule has 0 aromatic rings. The zero-order valence-electron chi connectivity index (χ0n) is 12.1. The van der Waals surface area contributed by atoms with Crippen LogP contribution in [0.2, 0.25) is 0 Å². The van der Waals surface area contributed by atoms with Gasteiger partial charge in [0.2, 0.25) is 5.91 Å². The van der Waals surface area contributed by atoms with Crippen LogP contribution >= 0.6 is 12.4 Å². The molecule has 1 aliphatic carbocycles. The molecule has 0 unspecified atom stereocenters. The lowest BCUT2D eigenvalue weighted by molar-refractivity contribution is -0.120. The summed E-state index contributed by atoms with van der Waals surface area (Å²) in [7, 11) is 1.66. The molecule has 5 heteroatoms. The van der Waals surface area contributed by atoms with Gasteiger partial charge in [-0.2, -0.15) is 0 Å². The smallest absolute Gasteiger partial charge is 0.233 e. The van der Waals surface area contributed by atoms with E-state index < -0.39 is 0 Å². The van der Waals surface area contributed by atoms with E-state index in [4.69, 9.17) is 4.74 Å². The van der Waals surface area contributed by atoms with Crippen molar-refractivity contribution in [3.8, 4) is 0 Å². The fourth-order valence-corrected chi connectivity index (χ4v) is 2.53. The first-order chi connectivity index (χ1) is 8.83. The molecule has 0 atom stereocenters. The Bertz CT molecular complexity index is 221. The van der Waals surface area contributed by atoms with E-state index in [2.05, 4.69) is 10.6 Å². The highest BCUT2D eigenvalue weighted by atomic mass is 35.5. The highest BCUT2D eigenvalue weighted by Gasteiger charge is 2.12. The SMILES string of the molecule is COCCNCC(=O)NCCCC1CCCCC1.Cl. The third-order valence-corrected chi connectivity index (χ3v) is 3.60. The van der Waals surface area contributed by atoms with Crippen molar-refractivity contribution >= 4 is 18.3 Å². The number of carbonyl (C=O) groups is 1. The molecule has 0 spiro atoms. The van der Waals surface area contributed by atoms with Gasteiger partial charge < -0.3 is 15.4 Å². The van der Waals surface area contributed by atoms with Crippen LogP contribution in [0.3, 0.4) is 0 Å².